The minimum atomic E-state index is -0.870. The standard InChI is InChI=1S/C14H19FN2O3/c1-14(2,13(19)20-4)17-8-9-5-6-10(11(15)7-9)12(18)16-3/h5-7,17H,8H2,1-4H3,(H,16,18). The van der Waals surface area contributed by atoms with Gasteiger partial charge in [-0.1, -0.05) is 6.07 Å². The van der Waals surface area contributed by atoms with Crippen molar-refractivity contribution in [2.24, 2.45) is 0 Å². The highest BCUT2D eigenvalue weighted by molar-refractivity contribution is 5.94. The van der Waals surface area contributed by atoms with Crippen LogP contribution in [0.2, 0.25) is 0 Å². The van der Waals surface area contributed by atoms with Crippen LogP contribution in [0.3, 0.4) is 0 Å². The Morgan fingerprint density at radius 1 is 1.35 bits per heavy atom. The summed E-state index contributed by atoms with van der Waals surface area (Å²) in [4.78, 5) is 22.9. The minimum absolute atomic E-state index is 0.0107. The Morgan fingerprint density at radius 3 is 2.50 bits per heavy atom. The molecule has 0 unspecified atom stereocenters. The van der Waals surface area contributed by atoms with Crippen molar-refractivity contribution in [3.05, 3.63) is 35.1 Å². The Balaban J connectivity index is 2.78. The van der Waals surface area contributed by atoms with Gasteiger partial charge in [-0.3, -0.25) is 14.9 Å². The number of rotatable bonds is 5. The highest BCUT2D eigenvalue weighted by Crippen LogP contribution is 2.12. The van der Waals surface area contributed by atoms with Crippen molar-refractivity contribution in [1.82, 2.24) is 10.6 Å². The molecule has 1 rings (SSSR count). The summed E-state index contributed by atoms with van der Waals surface area (Å²) in [5, 5.41) is 5.34. The van der Waals surface area contributed by atoms with Crippen molar-refractivity contribution in [2.45, 2.75) is 25.9 Å². The van der Waals surface area contributed by atoms with E-state index in [2.05, 4.69) is 15.4 Å². The molecule has 0 atom stereocenters. The lowest BCUT2D eigenvalue weighted by atomic mass is 10.0. The molecule has 0 radical (unpaired) electrons. The predicted molar refractivity (Wildman–Crippen MR) is 72.7 cm³/mol. The molecule has 0 fully saturated rings. The van der Waals surface area contributed by atoms with E-state index in [9.17, 15) is 14.0 Å². The molecule has 0 aromatic heterocycles. The monoisotopic (exact) mass is 282 g/mol. The molecule has 1 aromatic rings. The van der Waals surface area contributed by atoms with E-state index in [1.54, 1.807) is 19.9 Å². The number of benzene rings is 1. The summed E-state index contributed by atoms with van der Waals surface area (Å²) in [7, 11) is 2.75. The average Bonchev–Trinajstić information content (AvgIpc) is 2.43. The van der Waals surface area contributed by atoms with E-state index in [1.807, 2.05) is 0 Å². The summed E-state index contributed by atoms with van der Waals surface area (Å²) >= 11 is 0. The molecule has 0 bridgehead atoms. The lowest BCUT2D eigenvalue weighted by molar-refractivity contribution is -0.147. The van der Waals surface area contributed by atoms with Crippen LogP contribution in [0.25, 0.3) is 0 Å². The number of halogens is 1. The number of carbonyl (C=O) groups is 2. The number of amides is 1. The van der Waals surface area contributed by atoms with Gasteiger partial charge in [0.15, 0.2) is 0 Å². The Labute approximate surface area is 117 Å². The maximum atomic E-state index is 13.8. The zero-order valence-electron chi connectivity index (χ0n) is 12.0. The largest absolute Gasteiger partial charge is 0.468 e. The maximum absolute atomic E-state index is 13.8. The summed E-state index contributed by atoms with van der Waals surface area (Å²) in [6.07, 6.45) is 0. The summed E-state index contributed by atoms with van der Waals surface area (Å²) < 4.78 is 18.4. The smallest absolute Gasteiger partial charge is 0.325 e. The van der Waals surface area contributed by atoms with E-state index in [0.29, 0.717) is 5.56 Å². The molecule has 1 aromatic carbocycles. The topological polar surface area (TPSA) is 67.4 Å². The SMILES string of the molecule is CNC(=O)c1ccc(CNC(C)(C)C(=O)OC)cc1F. The van der Waals surface area contributed by atoms with Crippen molar-refractivity contribution >= 4 is 11.9 Å². The molecule has 6 heteroatoms. The van der Waals surface area contributed by atoms with Crippen LogP contribution in [0, 0.1) is 5.82 Å². The molecule has 110 valence electrons. The van der Waals surface area contributed by atoms with Gasteiger partial charge < -0.3 is 10.1 Å². The first kappa shape index (κ1) is 16.1. The Bertz CT molecular complexity index is 515. The lowest BCUT2D eigenvalue weighted by Crippen LogP contribution is -2.46. The third-order valence-corrected chi connectivity index (χ3v) is 2.94. The highest BCUT2D eigenvalue weighted by Gasteiger charge is 2.27. The summed E-state index contributed by atoms with van der Waals surface area (Å²) in [5.74, 6) is -1.48. The van der Waals surface area contributed by atoms with Crippen LogP contribution in [-0.4, -0.2) is 31.6 Å². The molecule has 0 spiro atoms. The number of hydrogen-bond donors (Lipinski definition) is 2. The Hall–Kier alpha value is -1.95. The van der Waals surface area contributed by atoms with E-state index in [-0.39, 0.29) is 12.1 Å². The van der Waals surface area contributed by atoms with E-state index >= 15 is 0 Å². The maximum Gasteiger partial charge on any atom is 0.325 e. The third-order valence-electron chi connectivity index (χ3n) is 2.94. The van der Waals surface area contributed by atoms with Gasteiger partial charge in [-0.15, -0.1) is 0 Å². The molecule has 0 aliphatic heterocycles. The first-order valence-corrected chi connectivity index (χ1v) is 6.15. The summed E-state index contributed by atoms with van der Waals surface area (Å²) in [5.41, 5.74) is -0.249. The number of ether oxygens (including phenoxy) is 1. The molecule has 20 heavy (non-hydrogen) atoms. The van der Waals surface area contributed by atoms with Crippen molar-refractivity contribution in [3.63, 3.8) is 0 Å². The second-order valence-corrected chi connectivity index (χ2v) is 4.86. The van der Waals surface area contributed by atoms with E-state index in [0.717, 1.165) is 0 Å². The van der Waals surface area contributed by atoms with Gasteiger partial charge >= 0.3 is 5.97 Å². The fourth-order valence-electron chi connectivity index (χ4n) is 1.64. The van der Waals surface area contributed by atoms with Crippen molar-refractivity contribution in [2.75, 3.05) is 14.2 Å². The molecule has 0 saturated carbocycles. The molecule has 1 amide bonds. The van der Waals surface area contributed by atoms with Crippen LogP contribution < -0.4 is 10.6 Å². The quantitative estimate of drug-likeness (QED) is 0.797. The van der Waals surface area contributed by atoms with E-state index in [1.165, 1.54) is 26.3 Å². The van der Waals surface area contributed by atoms with Crippen LogP contribution in [0.15, 0.2) is 18.2 Å². The average molecular weight is 282 g/mol. The second kappa shape index (κ2) is 6.47. The Kier molecular flexibility index (Phi) is 5.21. The van der Waals surface area contributed by atoms with Crippen LogP contribution >= 0.6 is 0 Å². The van der Waals surface area contributed by atoms with Gasteiger partial charge in [0.1, 0.15) is 11.4 Å². The van der Waals surface area contributed by atoms with Gasteiger partial charge in [-0.2, -0.15) is 0 Å². The molecule has 0 saturated heterocycles. The predicted octanol–water partition coefficient (Wildman–Crippen LogP) is 1.23. The van der Waals surface area contributed by atoms with E-state index in [4.69, 9.17) is 0 Å². The van der Waals surface area contributed by atoms with Gasteiger partial charge in [-0.25, -0.2) is 4.39 Å². The number of esters is 1. The minimum Gasteiger partial charge on any atom is -0.468 e. The van der Waals surface area contributed by atoms with E-state index < -0.39 is 23.2 Å². The second-order valence-electron chi connectivity index (χ2n) is 4.86. The number of carbonyl (C=O) groups excluding carboxylic acids is 2. The molecular formula is C14H19FN2O3. The normalized spacial score (nSPS) is 11.1. The van der Waals surface area contributed by atoms with Gasteiger partial charge in [-0.05, 0) is 31.5 Å². The zero-order chi connectivity index (χ0) is 15.3. The van der Waals surface area contributed by atoms with Crippen LogP contribution in [0.4, 0.5) is 4.39 Å². The number of hydrogen-bond acceptors (Lipinski definition) is 4. The molecule has 5 nitrogen and oxygen atoms in total. The Morgan fingerprint density at radius 2 is 2.00 bits per heavy atom. The van der Waals surface area contributed by atoms with Gasteiger partial charge in [0.05, 0.1) is 12.7 Å². The number of nitrogens with one attached hydrogen (secondary N) is 2. The summed E-state index contributed by atoms with van der Waals surface area (Å²) in [6, 6.07) is 4.31. The fourth-order valence-corrected chi connectivity index (χ4v) is 1.64. The first-order chi connectivity index (χ1) is 9.31. The third kappa shape index (κ3) is 3.77. The van der Waals surface area contributed by atoms with Crippen LogP contribution in [0.1, 0.15) is 29.8 Å². The van der Waals surface area contributed by atoms with Gasteiger partial charge in [0.2, 0.25) is 0 Å². The molecule has 0 aliphatic carbocycles. The van der Waals surface area contributed by atoms with Crippen molar-refractivity contribution in [3.8, 4) is 0 Å². The molecule has 0 heterocycles. The first-order valence-electron chi connectivity index (χ1n) is 6.15. The molecule has 2 N–H and O–H groups in total. The van der Waals surface area contributed by atoms with Crippen molar-refractivity contribution in [1.29, 1.82) is 0 Å². The van der Waals surface area contributed by atoms with Crippen LogP contribution in [-0.2, 0) is 16.1 Å². The number of methoxy groups -OCH3 is 1. The lowest BCUT2D eigenvalue weighted by Gasteiger charge is -2.23. The van der Waals surface area contributed by atoms with Gasteiger partial charge in [0, 0.05) is 13.6 Å². The van der Waals surface area contributed by atoms with Crippen LogP contribution in [0.5, 0.6) is 0 Å². The fraction of sp³-hybridized carbons (Fsp3) is 0.429. The zero-order valence-corrected chi connectivity index (χ0v) is 12.0. The van der Waals surface area contributed by atoms with Gasteiger partial charge in [0.25, 0.3) is 5.91 Å². The summed E-state index contributed by atoms with van der Waals surface area (Å²) in [6.45, 7) is 3.63. The molecular weight excluding hydrogens is 263 g/mol. The molecule has 0 aliphatic rings. The van der Waals surface area contributed by atoms with Crippen molar-refractivity contribution < 1.29 is 18.7 Å². The highest BCUT2D eigenvalue weighted by atomic mass is 19.1.